The van der Waals surface area contributed by atoms with E-state index < -0.39 is 0 Å². The number of nitrogen functional groups attached to an aromatic ring is 1. The van der Waals surface area contributed by atoms with Crippen molar-refractivity contribution in [2.24, 2.45) is 12.9 Å². The molecular formula is C13H23N5O. The van der Waals surface area contributed by atoms with Gasteiger partial charge < -0.3 is 0 Å². The molecule has 6 heteroatoms. The summed E-state index contributed by atoms with van der Waals surface area (Å²) in [5.41, 5.74) is 3.69. The van der Waals surface area contributed by atoms with Crippen molar-refractivity contribution < 1.29 is 4.79 Å². The Balaban J connectivity index is 2.17. The number of nitrogens with one attached hydrogen (secondary N) is 1. The number of rotatable bonds is 4. The molecule has 3 N–H and O–H groups in total. The lowest BCUT2D eigenvalue weighted by Crippen LogP contribution is -2.39. The van der Waals surface area contributed by atoms with Crippen LogP contribution >= 0.6 is 0 Å². The molecule has 0 radical (unpaired) electrons. The van der Waals surface area contributed by atoms with Crippen molar-refractivity contribution in [2.45, 2.75) is 45.2 Å². The molecule has 0 spiro atoms. The number of carbonyl (C=O) groups is 1. The van der Waals surface area contributed by atoms with Crippen LogP contribution in [0.1, 0.15) is 48.7 Å². The smallest absolute Gasteiger partial charge is 0.268 e. The number of nitrogens with two attached hydrogens (primary N) is 1. The molecule has 1 aliphatic rings. The topological polar surface area (TPSA) is 76.2 Å². The average molecular weight is 265 g/mol. The minimum Gasteiger partial charge on any atom is -0.295 e. The highest BCUT2D eigenvalue weighted by atomic mass is 16.2. The van der Waals surface area contributed by atoms with Gasteiger partial charge in [-0.2, -0.15) is 5.10 Å². The first-order valence-electron chi connectivity index (χ1n) is 6.93. The Morgan fingerprint density at radius 1 is 1.58 bits per heavy atom. The average Bonchev–Trinajstić information content (AvgIpc) is 2.80. The lowest BCUT2D eigenvalue weighted by atomic mass is 9.99. The summed E-state index contributed by atoms with van der Waals surface area (Å²) in [6.45, 7) is 4.07. The number of aromatic nitrogens is 2. The van der Waals surface area contributed by atoms with E-state index in [9.17, 15) is 4.79 Å². The van der Waals surface area contributed by atoms with Crippen LogP contribution in [0, 0.1) is 0 Å². The second-order valence-corrected chi connectivity index (χ2v) is 5.13. The van der Waals surface area contributed by atoms with E-state index in [-0.39, 0.29) is 5.91 Å². The molecule has 2 rings (SSSR count). The number of nitrogens with zero attached hydrogens (tertiary/aromatic N) is 3. The number of hydrogen-bond donors (Lipinski definition) is 2. The minimum atomic E-state index is -0.270. The first-order valence-corrected chi connectivity index (χ1v) is 6.93. The molecule has 0 aliphatic carbocycles. The molecule has 0 saturated carbocycles. The molecule has 19 heavy (non-hydrogen) atoms. The molecule has 1 atom stereocenters. The molecular weight excluding hydrogens is 242 g/mol. The van der Waals surface area contributed by atoms with Crippen LogP contribution in [-0.2, 0) is 13.6 Å². The van der Waals surface area contributed by atoms with Crippen LogP contribution in [0.3, 0.4) is 0 Å². The van der Waals surface area contributed by atoms with Gasteiger partial charge in [0.2, 0.25) is 0 Å². The van der Waals surface area contributed by atoms with Gasteiger partial charge >= 0.3 is 0 Å². The summed E-state index contributed by atoms with van der Waals surface area (Å²) in [5.74, 6) is 4.95. The molecule has 1 fully saturated rings. The molecule has 1 saturated heterocycles. The summed E-state index contributed by atoms with van der Waals surface area (Å²) in [6.07, 6.45) is 6.51. The molecule has 1 amide bonds. The maximum atomic E-state index is 11.7. The number of amides is 1. The fourth-order valence-electron chi connectivity index (χ4n) is 2.84. The number of carbonyl (C=O) groups excluding carboxylic acids is 1. The fourth-order valence-corrected chi connectivity index (χ4v) is 2.84. The van der Waals surface area contributed by atoms with Crippen LogP contribution in [0.15, 0.2) is 6.20 Å². The second kappa shape index (κ2) is 6.16. The molecule has 6 nitrogen and oxygen atoms in total. The number of aryl methyl sites for hydroxylation is 1. The van der Waals surface area contributed by atoms with Crippen LogP contribution in [-0.4, -0.2) is 33.2 Å². The quantitative estimate of drug-likeness (QED) is 0.479. The normalized spacial score (nSPS) is 20.5. The number of piperidine rings is 1. The fraction of sp³-hybridized carbons (Fsp3) is 0.692. The van der Waals surface area contributed by atoms with E-state index in [0.717, 1.165) is 25.2 Å². The highest BCUT2D eigenvalue weighted by Crippen LogP contribution is 2.22. The van der Waals surface area contributed by atoms with Gasteiger partial charge in [-0.05, 0) is 25.8 Å². The summed E-state index contributed by atoms with van der Waals surface area (Å²) >= 11 is 0. The molecule has 2 heterocycles. The highest BCUT2D eigenvalue weighted by Gasteiger charge is 2.24. The van der Waals surface area contributed by atoms with E-state index in [1.54, 1.807) is 10.9 Å². The first kappa shape index (κ1) is 14.0. The Kier molecular flexibility index (Phi) is 4.55. The van der Waals surface area contributed by atoms with Crippen molar-refractivity contribution in [2.75, 3.05) is 6.54 Å². The van der Waals surface area contributed by atoms with Crippen LogP contribution in [0.25, 0.3) is 0 Å². The van der Waals surface area contributed by atoms with Crippen molar-refractivity contribution >= 4 is 5.91 Å². The maximum Gasteiger partial charge on any atom is 0.268 e. The summed E-state index contributed by atoms with van der Waals surface area (Å²) in [5, 5.41) is 4.18. The van der Waals surface area contributed by atoms with Gasteiger partial charge in [-0.3, -0.25) is 19.8 Å². The Morgan fingerprint density at radius 2 is 2.37 bits per heavy atom. The van der Waals surface area contributed by atoms with E-state index in [0.29, 0.717) is 11.6 Å². The molecule has 0 unspecified atom stereocenters. The largest absolute Gasteiger partial charge is 0.295 e. The monoisotopic (exact) mass is 265 g/mol. The van der Waals surface area contributed by atoms with Crippen LogP contribution in [0.5, 0.6) is 0 Å². The van der Waals surface area contributed by atoms with Crippen molar-refractivity contribution in [1.82, 2.24) is 20.1 Å². The zero-order valence-corrected chi connectivity index (χ0v) is 11.7. The third kappa shape index (κ3) is 2.96. The Labute approximate surface area is 113 Å². The zero-order valence-electron chi connectivity index (χ0n) is 11.7. The van der Waals surface area contributed by atoms with Gasteiger partial charge in [-0.1, -0.05) is 13.3 Å². The number of likely N-dealkylation sites (tertiary alicyclic amines) is 1. The molecule has 1 aromatic heterocycles. The number of hydrogen-bond acceptors (Lipinski definition) is 4. The van der Waals surface area contributed by atoms with Crippen molar-refractivity contribution in [1.29, 1.82) is 0 Å². The zero-order chi connectivity index (χ0) is 13.8. The van der Waals surface area contributed by atoms with Gasteiger partial charge in [0, 0.05) is 19.6 Å². The van der Waals surface area contributed by atoms with Crippen LogP contribution in [0.4, 0.5) is 0 Å². The maximum absolute atomic E-state index is 11.7. The SMILES string of the molecule is CC[C@@H]1CCCCN1Cc1c(C(=O)NN)cnn1C. The van der Waals surface area contributed by atoms with E-state index in [4.69, 9.17) is 5.84 Å². The predicted octanol–water partition coefficient (Wildman–Crippen LogP) is 0.788. The molecule has 1 aromatic rings. The van der Waals surface area contributed by atoms with Gasteiger partial charge in [-0.25, -0.2) is 5.84 Å². The molecule has 106 valence electrons. The van der Waals surface area contributed by atoms with Crippen LogP contribution in [0.2, 0.25) is 0 Å². The lowest BCUT2D eigenvalue weighted by Gasteiger charge is -2.35. The third-order valence-electron chi connectivity index (χ3n) is 4.01. The van der Waals surface area contributed by atoms with Crippen molar-refractivity contribution in [3.63, 3.8) is 0 Å². The summed E-state index contributed by atoms with van der Waals surface area (Å²) < 4.78 is 1.77. The Morgan fingerprint density at radius 3 is 3.05 bits per heavy atom. The second-order valence-electron chi connectivity index (χ2n) is 5.13. The van der Waals surface area contributed by atoms with Gasteiger partial charge in [0.05, 0.1) is 17.5 Å². The standard InChI is InChI=1S/C13H23N5O/c1-3-10-6-4-5-7-18(10)9-12-11(13(19)16-14)8-15-17(12)2/h8,10H,3-7,9,14H2,1-2H3,(H,16,19)/t10-/m1/s1. The molecule has 0 aromatic carbocycles. The minimum absolute atomic E-state index is 0.270. The number of hydrazine groups is 1. The third-order valence-corrected chi connectivity index (χ3v) is 4.01. The van der Waals surface area contributed by atoms with E-state index in [1.165, 1.54) is 19.3 Å². The molecule has 0 bridgehead atoms. The van der Waals surface area contributed by atoms with E-state index in [2.05, 4.69) is 22.3 Å². The van der Waals surface area contributed by atoms with Gasteiger partial charge in [0.15, 0.2) is 0 Å². The van der Waals surface area contributed by atoms with Gasteiger partial charge in [0.25, 0.3) is 5.91 Å². The summed E-state index contributed by atoms with van der Waals surface area (Å²) in [7, 11) is 1.87. The first-order chi connectivity index (χ1) is 9.17. The highest BCUT2D eigenvalue weighted by molar-refractivity contribution is 5.94. The van der Waals surface area contributed by atoms with Crippen LogP contribution < -0.4 is 11.3 Å². The van der Waals surface area contributed by atoms with E-state index in [1.807, 2.05) is 7.05 Å². The lowest BCUT2D eigenvalue weighted by molar-refractivity contribution is 0.0947. The predicted molar refractivity (Wildman–Crippen MR) is 73.2 cm³/mol. The van der Waals surface area contributed by atoms with Crippen molar-refractivity contribution in [3.8, 4) is 0 Å². The van der Waals surface area contributed by atoms with Gasteiger partial charge in [0.1, 0.15) is 0 Å². The summed E-state index contributed by atoms with van der Waals surface area (Å²) in [6, 6.07) is 0.609. The molecule has 1 aliphatic heterocycles. The van der Waals surface area contributed by atoms with Crippen molar-refractivity contribution in [3.05, 3.63) is 17.5 Å². The summed E-state index contributed by atoms with van der Waals surface area (Å²) in [4.78, 5) is 14.2. The van der Waals surface area contributed by atoms with Gasteiger partial charge in [-0.15, -0.1) is 0 Å². The van der Waals surface area contributed by atoms with E-state index >= 15 is 0 Å². The Bertz CT molecular complexity index is 442. The Hall–Kier alpha value is -1.40.